The van der Waals surface area contributed by atoms with Gasteiger partial charge in [0.05, 0.1) is 6.10 Å². The highest BCUT2D eigenvalue weighted by atomic mass is 16.6. The number of ether oxygens (including phenoxy) is 2. The van der Waals surface area contributed by atoms with E-state index in [0.717, 1.165) is 29.9 Å². The molecule has 1 fully saturated rings. The first-order valence-electron chi connectivity index (χ1n) is 5.92. The predicted molar refractivity (Wildman–Crippen MR) is 59.7 cm³/mol. The number of hydrogen-bond donors (Lipinski definition) is 1. The molecular formula is C13H16O3. The normalized spacial score (nSPS) is 21.3. The molecule has 1 aromatic rings. The average Bonchev–Trinajstić information content (AvgIpc) is 2.26. The smallest absolute Gasteiger partial charge is 0.161 e. The number of hydrogen-bond acceptors (Lipinski definition) is 3. The lowest BCUT2D eigenvalue weighted by molar-refractivity contribution is 0.0615. The van der Waals surface area contributed by atoms with Crippen LogP contribution in [-0.2, 0) is 0 Å². The van der Waals surface area contributed by atoms with E-state index < -0.39 is 0 Å². The van der Waals surface area contributed by atoms with Crippen LogP contribution in [0.15, 0.2) is 18.2 Å². The molecule has 2 aliphatic rings. The maximum Gasteiger partial charge on any atom is 0.161 e. The Kier molecular flexibility index (Phi) is 2.48. The van der Waals surface area contributed by atoms with Gasteiger partial charge in [0, 0.05) is 0 Å². The summed E-state index contributed by atoms with van der Waals surface area (Å²) in [5.41, 5.74) is 0.953. The zero-order chi connectivity index (χ0) is 11.0. The van der Waals surface area contributed by atoms with E-state index >= 15 is 0 Å². The van der Waals surface area contributed by atoms with Crippen molar-refractivity contribution in [3.8, 4) is 11.5 Å². The Hall–Kier alpha value is -1.22. The Morgan fingerprint density at radius 1 is 1.12 bits per heavy atom. The van der Waals surface area contributed by atoms with E-state index in [1.54, 1.807) is 0 Å². The molecule has 0 spiro atoms. The molecule has 0 radical (unpaired) electrons. The first-order chi connectivity index (χ1) is 7.84. The maximum atomic E-state index is 10.1. The van der Waals surface area contributed by atoms with Gasteiger partial charge in [-0.05, 0) is 36.5 Å². The van der Waals surface area contributed by atoms with Gasteiger partial charge in [-0.1, -0.05) is 12.5 Å². The Labute approximate surface area is 95.0 Å². The van der Waals surface area contributed by atoms with Crippen LogP contribution in [0.4, 0.5) is 0 Å². The summed E-state index contributed by atoms with van der Waals surface area (Å²) in [4.78, 5) is 0. The molecule has 3 rings (SSSR count). The summed E-state index contributed by atoms with van der Waals surface area (Å²) in [7, 11) is 0. The van der Waals surface area contributed by atoms with Crippen molar-refractivity contribution in [3.63, 3.8) is 0 Å². The van der Waals surface area contributed by atoms with E-state index in [2.05, 4.69) is 0 Å². The second-order valence-electron chi connectivity index (χ2n) is 4.54. The average molecular weight is 220 g/mol. The molecule has 1 aromatic carbocycles. The summed E-state index contributed by atoms with van der Waals surface area (Å²) < 4.78 is 11.0. The fourth-order valence-electron chi connectivity index (χ4n) is 2.27. The molecule has 0 bridgehead atoms. The highest BCUT2D eigenvalue weighted by Gasteiger charge is 2.27. The minimum absolute atomic E-state index is 0.343. The largest absolute Gasteiger partial charge is 0.486 e. The number of aliphatic hydroxyl groups excluding tert-OH is 1. The predicted octanol–water partition coefficient (Wildman–Crippen LogP) is 2.29. The van der Waals surface area contributed by atoms with E-state index in [9.17, 15) is 5.11 Å². The second-order valence-corrected chi connectivity index (χ2v) is 4.54. The van der Waals surface area contributed by atoms with Crippen LogP contribution in [-0.4, -0.2) is 18.3 Å². The van der Waals surface area contributed by atoms with Gasteiger partial charge in [-0.25, -0.2) is 0 Å². The molecule has 1 aliphatic heterocycles. The number of fused-ring (bicyclic) bond motifs is 1. The summed E-state index contributed by atoms with van der Waals surface area (Å²) in [6.07, 6.45) is 3.17. The Balaban J connectivity index is 1.84. The van der Waals surface area contributed by atoms with Crippen molar-refractivity contribution in [2.24, 2.45) is 5.92 Å². The third-order valence-electron chi connectivity index (χ3n) is 3.50. The van der Waals surface area contributed by atoms with Crippen molar-refractivity contribution in [1.82, 2.24) is 0 Å². The van der Waals surface area contributed by atoms with Crippen molar-refractivity contribution in [2.45, 2.75) is 25.4 Å². The minimum Gasteiger partial charge on any atom is -0.486 e. The van der Waals surface area contributed by atoms with Gasteiger partial charge in [0.2, 0.25) is 0 Å². The standard InChI is InChI=1S/C13H16O3/c14-13(9-2-1-3-9)10-4-5-11-12(8-10)16-7-6-15-11/h4-5,8-9,13-14H,1-3,6-7H2. The molecular weight excluding hydrogens is 204 g/mol. The van der Waals surface area contributed by atoms with Crippen LogP contribution in [0.25, 0.3) is 0 Å². The van der Waals surface area contributed by atoms with Crippen LogP contribution < -0.4 is 9.47 Å². The molecule has 1 heterocycles. The van der Waals surface area contributed by atoms with Crippen LogP contribution in [0.1, 0.15) is 30.9 Å². The summed E-state index contributed by atoms with van der Waals surface area (Å²) in [5, 5.41) is 10.1. The van der Waals surface area contributed by atoms with Gasteiger partial charge >= 0.3 is 0 Å². The highest BCUT2D eigenvalue weighted by Crippen LogP contribution is 2.40. The van der Waals surface area contributed by atoms with Gasteiger partial charge in [0.15, 0.2) is 11.5 Å². The van der Waals surface area contributed by atoms with E-state index in [1.807, 2.05) is 18.2 Å². The molecule has 1 saturated carbocycles. The van der Waals surface area contributed by atoms with E-state index in [4.69, 9.17) is 9.47 Å². The minimum atomic E-state index is -0.343. The molecule has 1 N–H and O–H groups in total. The molecule has 86 valence electrons. The lowest BCUT2D eigenvalue weighted by Gasteiger charge is -2.31. The number of rotatable bonds is 2. The summed E-state index contributed by atoms with van der Waals surface area (Å²) in [5.74, 6) is 1.99. The Morgan fingerprint density at radius 2 is 1.88 bits per heavy atom. The fraction of sp³-hybridized carbons (Fsp3) is 0.538. The monoisotopic (exact) mass is 220 g/mol. The molecule has 16 heavy (non-hydrogen) atoms. The number of aliphatic hydroxyl groups is 1. The second kappa shape index (κ2) is 3.98. The number of benzene rings is 1. The third-order valence-corrected chi connectivity index (χ3v) is 3.50. The van der Waals surface area contributed by atoms with Crippen molar-refractivity contribution >= 4 is 0 Å². The van der Waals surface area contributed by atoms with E-state index in [1.165, 1.54) is 6.42 Å². The molecule has 0 amide bonds. The Bertz CT molecular complexity index is 385. The van der Waals surface area contributed by atoms with Gasteiger partial charge in [0.1, 0.15) is 13.2 Å². The van der Waals surface area contributed by atoms with Crippen molar-refractivity contribution in [2.75, 3.05) is 13.2 Å². The molecule has 1 aliphatic carbocycles. The third kappa shape index (κ3) is 1.65. The van der Waals surface area contributed by atoms with Crippen LogP contribution >= 0.6 is 0 Å². The topological polar surface area (TPSA) is 38.7 Å². The SMILES string of the molecule is OC(c1ccc2c(c1)OCCO2)C1CCC1. The molecule has 1 atom stereocenters. The van der Waals surface area contributed by atoms with Crippen LogP contribution in [0.3, 0.4) is 0 Å². The highest BCUT2D eigenvalue weighted by molar-refractivity contribution is 5.44. The van der Waals surface area contributed by atoms with Gasteiger partial charge in [-0.3, -0.25) is 0 Å². The molecule has 3 nitrogen and oxygen atoms in total. The van der Waals surface area contributed by atoms with Crippen LogP contribution in [0.5, 0.6) is 11.5 Å². The first kappa shape index (κ1) is 9.97. The zero-order valence-electron chi connectivity index (χ0n) is 9.19. The lowest BCUT2D eigenvalue weighted by atomic mass is 9.79. The summed E-state index contributed by atoms with van der Waals surface area (Å²) in [6.45, 7) is 1.20. The quantitative estimate of drug-likeness (QED) is 0.831. The van der Waals surface area contributed by atoms with Gasteiger partial charge in [0.25, 0.3) is 0 Å². The van der Waals surface area contributed by atoms with Crippen molar-refractivity contribution in [3.05, 3.63) is 23.8 Å². The first-order valence-corrected chi connectivity index (χ1v) is 5.92. The summed E-state index contributed by atoms with van der Waals surface area (Å²) >= 11 is 0. The van der Waals surface area contributed by atoms with Crippen molar-refractivity contribution < 1.29 is 14.6 Å². The van der Waals surface area contributed by atoms with Crippen LogP contribution in [0, 0.1) is 5.92 Å². The van der Waals surface area contributed by atoms with Gasteiger partial charge < -0.3 is 14.6 Å². The van der Waals surface area contributed by atoms with Gasteiger partial charge in [-0.15, -0.1) is 0 Å². The molecule has 1 unspecified atom stereocenters. The van der Waals surface area contributed by atoms with E-state index in [-0.39, 0.29) is 6.10 Å². The molecule has 3 heteroatoms. The van der Waals surface area contributed by atoms with E-state index in [0.29, 0.717) is 19.1 Å². The van der Waals surface area contributed by atoms with Gasteiger partial charge in [-0.2, -0.15) is 0 Å². The maximum absolute atomic E-state index is 10.1. The Morgan fingerprint density at radius 3 is 2.56 bits per heavy atom. The van der Waals surface area contributed by atoms with Crippen LogP contribution in [0.2, 0.25) is 0 Å². The summed E-state index contributed by atoms with van der Waals surface area (Å²) in [6, 6.07) is 5.75. The van der Waals surface area contributed by atoms with Crippen molar-refractivity contribution in [1.29, 1.82) is 0 Å². The lowest BCUT2D eigenvalue weighted by Crippen LogP contribution is -2.20. The molecule has 0 saturated heterocycles. The molecule has 0 aromatic heterocycles. The zero-order valence-corrected chi connectivity index (χ0v) is 9.19. The fourth-order valence-corrected chi connectivity index (χ4v) is 2.27.